The molecule has 0 radical (unpaired) electrons. The van der Waals surface area contributed by atoms with Gasteiger partial charge in [0.15, 0.2) is 10.3 Å². The summed E-state index contributed by atoms with van der Waals surface area (Å²) in [5.74, 6) is -0.842. The van der Waals surface area contributed by atoms with Crippen LogP contribution >= 0.6 is 22.7 Å². The summed E-state index contributed by atoms with van der Waals surface area (Å²) in [4.78, 5) is 38.2. The standard InChI is InChI=1S/C20H28N4OS.C15H19N3O2S.C5H11N/c1-15-11-18(19(25)21-16-7-3-4-8-16)24(12-15)13-17-14-26-20(22-17)23-9-5-2-6-10-23;1-11-7-13(14(19)20)18(8-11)9-12-10-21-15(16-12)17-5-3-2-4-6-17;6-5-3-1-2-4-5/h11-12,14,16H,2-10,13H2,1H3,(H,21,25);7-8,10H,2-6,9H2,1H3,(H,19,20);5H,1-4,6H2. The number of hydrogen-bond acceptors (Lipinski definition) is 9. The summed E-state index contributed by atoms with van der Waals surface area (Å²) < 4.78 is 3.81. The normalized spacial score (nSPS) is 18.0. The van der Waals surface area contributed by atoms with Gasteiger partial charge >= 0.3 is 5.97 Å². The van der Waals surface area contributed by atoms with Crippen LogP contribution in [0.4, 0.5) is 10.3 Å². The number of anilines is 2. The van der Waals surface area contributed by atoms with Crippen LogP contribution in [0.1, 0.15) is 133 Å². The second-order valence-electron chi connectivity index (χ2n) is 15.2. The number of aryl methyl sites for hydroxylation is 2. The van der Waals surface area contributed by atoms with E-state index in [1.165, 1.54) is 77.0 Å². The lowest BCUT2D eigenvalue weighted by molar-refractivity contribution is 0.0685. The van der Waals surface area contributed by atoms with E-state index in [2.05, 4.69) is 36.2 Å². The van der Waals surface area contributed by atoms with Gasteiger partial charge in [0, 0.05) is 61.4 Å². The first-order chi connectivity index (χ1) is 25.7. The number of rotatable bonds is 9. The third-order valence-corrected chi connectivity index (χ3v) is 12.5. The third-order valence-electron chi connectivity index (χ3n) is 10.6. The Hall–Kier alpha value is -3.68. The SMILES string of the molecule is Cc1cc(C(=O)NC2CCCC2)n(Cc2csc(N3CCCCC3)n2)c1.Cc1cc(C(=O)O)n(Cc2csc(N3CCCCC3)n2)c1.NC1CCCC1. The minimum Gasteiger partial charge on any atom is -0.477 e. The number of carbonyl (C=O) groups excluding carboxylic acids is 1. The molecule has 2 saturated carbocycles. The topological polar surface area (TPSA) is 135 Å². The molecule has 4 fully saturated rings. The smallest absolute Gasteiger partial charge is 0.352 e. The first-order valence-corrected chi connectivity index (χ1v) is 21.5. The summed E-state index contributed by atoms with van der Waals surface area (Å²) in [6.45, 7) is 9.51. The number of aromatic nitrogens is 4. The Labute approximate surface area is 322 Å². The van der Waals surface area contributed by atoms with E-state index in [0.29, 0.717) is 30.9 Å². The molecule has 53 heavy (non-hydrogen) atoms. The molecule has 0 atom stereocenters. The number of carbonyl (C=O) groups is 2. The van der Waals surface area contributed by atoms with Gasteiger partial charge in [-0.3, -0.25) is 4.79 Å². The van der Waals surface area contributed by atoms with Crippen LogP contribution in [0.5, 0.6) is 0 Å². The van der Waals surface area contributed by atoms with Crippen molar-refractivity contribution in [2.75, 3.05) is 36.0 Å². The lowest BCUT2D eigenvalue weighted by Crippen LogP contribution is -2.34. The maximum Gasteiger partial charge on any atom is 0.352 e. The molecule has 0 bridgehead atoms. The fourth-order valence-corrected chi connectivity index (χ4v) is 9.52. The summed E-state index contributed by atoms with van der Waals surface area (Å²) in [7, 11) is 0. The number of thiazole rings is 2. The van der Waals surface area contributed by atoms with Gasteiger partial charge in [0.1, 0.15) is 11.4 Å². The van der Waals surface area contributed by atoms with Gasteiger partial charge in [-0.25, -0.2) is 14.8 Å². The molecule has 2 aliphatic heterocycles. The van der Waals surface area contributed by atoms with E-state index < -0.39 is 5.97 Å². The highest BCUT2D eigenvalue weighted by atomic mass is 32.1. The molecule has 2 aliphatic carbocycles. The fourth-order valence-electron chi connectivity index (χ4n) is 7.78. The highest BCUT2D eigenvalue weighted by molar-refractivity contribution is 7.14. The van der Waals surface area contributed by atoms with Crippen molar-refractivity contribution in [1.82, 2.24) is 24.4 Å². The minimum atomic E-state index is -0.894. The molecule has 2 saturated heterocycles. The highest BCUT2D eigenvalue weighted by Gasteiger charge is 2.22. The van der Waals surface area contributed by atoms with Crippen LogP contribution in [0.3, 0.4) is 0 Å². The van der Waals surface area contributed by atoms with Crippen LogP contribution in [0.15, 0.2) is 35.3 Å². The number of carboxylic acids is 1. The minimum absolute atomic E-state index is 0.0523. The van der Waals surface area contributed by atoms with Crippen LogP contribution in [0, 0.1) is 13.8 Å². The maximum atomic E-state index is 12.7. The molecule has 1 amide bonds. The van der Waals surface area contributed by atoms with Crippen molar-refractivity contribution in [2.45, 2.75) is 129 Å². The Balaban J connectivity index is 0.000000159. The Morgan fingerprint density at radius 2 is 1.17 bits per heavy atom. The van der Waals surface area contributed by atoms with E-state index >= 15 is 0 Å². The second kappa shape index (κ2) is 19.1. The zero-order valence-electron chi connectivity index (χ0n) is 31.6. The molecule has 4 N–H and O–H groups in total. The van der Waals surface area contributed by atoms with Gasteiger partial charge in [-0.1, -0.05) is 25.7 Å². The van der Waals surface area contributed by atoms with Crippen LogP contribution in [0.2, 0.25) is 0 Å². The quantitative estimate of drug-likeness (QED) is 0.157. The lowest BCUT2D eigenvalue weighted by atomic mass is 10.1. The van der Waals surface area contributed by atoms with Crippen LogP contribution < -0.4 is 20.9 Å². The number of carboxylic acid groups (broad SMARTS) is 1. The van der Waals surface area contributed by atoms with E-state index in [0.717, 1.165) is 77.5 Å². The van der Waals surface area contributed by atoms with Crippen molar-refractivity contribution >= 4 is 44.8 Å². The van der Waals surface area contributed by atoms with Crippen LogP contribution in [0.25, 0.3) is 0 Å². The predicted molar refractivity (Wildman–Crippen MR) is 216 cm³/mol. The molecule has 13 heteroatoms. The van der Waals surface area contributed by atoms with Gasteiger partial charge in [0.2, 0.25) is 0 Å². The van der Waals surface area contributed by atoms with Crippen LogP contribution in [-0.4, -0.2) is 74.3 Å². The average Bonchev–Trinajstić information content (AvgIpc) is 4.02. The first kappa shape index (κ1) is 39.0. The molecule has 8 rings (SSSR count). The maximum absolute atomic E-state index is 12.7. The molecule has 0 spiro atoms. The molecule has 6 heterocycles. The fraction of sp³-hybridized carbons (Fsp3) is 0.600. The van der Waals surface area contributed by atoms with Gasteiger partial charge in [0.05, 0.1) is 24.5 Å². The summed E-state index contributed by atoms with van der Waals surface area (Å²) >= 11 is 3.37. The second-order valence-corrected chi connectivity index (χ2v) is 16.9. The summed E-state index contributed by atoms with van der Waals surface area (Å²) in [6, 6.07) is 4.57. The van der Waals surface area contributed by atoms with E-state index in [-0.39, 0.29) is 5.91 Å². The number of nitrogens with two attached hydrogens (primary N) is 1. The van der Waals surface area contributed by atoms with Gasteiger partial charge < -0.3 is 35.1 Å². The monoisotopic (exact) mass is 762 g/mol. The van der Waals surface area contributed by atoms with E-state index in [9.17, 15) is 14.7 Å². The predicted octanol–water partition coefficient (Wildman–Crippen LogP) is 7.84. The van der Waals surface area contributed by atoms with Gasteiger partial charge in [-0.05, 0) is 101 Å². The molecule has 0 aromatic carbocycles. The number of amides is 1. The molecule has 4 aromatic heterocycles. The molecule has 288 valence electrons. The average molecular weight is 763 g/mol. The number of hydrogen-bond donors (Lipinski definition) is 3. The molecule has 0 unspecified atom stereocenters. The summed E-state index contributed by atoms with van der Waals surface area (Å²) in [5.41, 5.74) is 10.7. The third kappa shape index (κ3) is 11.2. The number of nitrogens with one attached hydrogen (secondary N) is 1. The summed E-state index contributed by atoms with van der Waals surface area (Å²) in [5, 5.41) is 18.8. The van der Waals surface area contributed by atoms with Crippen molar-refractivity contribution < 1.29 is 14.7 Å². The number of aromatic carboxylic acids is 1. The molecule has 4 aromatic rings. The van der Waals surface area contributed by atoms with Crippen molar-refractivity contribution in [3.8, 4) is 0 Å². The Bertz CT molecular complexity index is 1750. The van der Waals surface area contributed by atoms with Crippen molar-refractivity contribution in [3.05, 3.63) is 69.2 Å². The molecule has 4 aliphatic rings. The zero-order chi connectivity index (χ0) is 37.2. The number of nitrogens with zero attached hydrogens (tertiary/aromatic N) is 6. The molecular formula is C40H58N8O3S2. The lowest BCUT2D eigenvalue weighted by Gasteiger charge is -2.25. The van der Waals surface area contributed by atoms with E-state index in [1.807, 2.05) is 31.5 Å². The Morgan fingerprint density at radius 1 is 0.717 bits per heavy atom. The van der Waals surface area contributed by atoms with Crippen LogP contribution in [-0.2, 0) is 13.1 Å². The Kier molecular flexibility index (Phi) is 14.0. The highest BCUT2D eigenvalue weighted by Crippen LogP contribution is 2.27. The summed E-state index contributed by atoms with van der Waals surface area (Å²) in [6.07, 6.45) is 21.5. The largest absolute Gasteiger partial charge is 0.477 e. The first-order valence-electron chi connectivity index (χ1n) is 19.7. The van der Waals surface area contributed by atoms with Crippen molar-refractivity contribution in [2.24, 2.45) is 5.73 Å². The van der Waals surface area contributed by atoms with E-state index in [4.69, 9.17) is 10.7 Å². The van der Waals surface area contributed by atoms with Gasteiger partial charge in [-0.2, -0.15) is 0 Å². The molecule has 11 nitrogen and oxygen atoms in total. The molecular weight excluding hydrogens is 705 g/mol. The van der Waals surface area contributed by atoms with Gasteiger partial charge in [-0.15, -0.1) is 22.7 Å². The zero-order valence-corrected chi connectivity index (χ0v) is 33.2. The Morgan fingerprint density at radius 3 is 1.62 bits per heavy atom. The van der Waals surface area contributed by atoms with Crippen molar-refractivity contribution in [3.63, 3.8) is 0 Å². The van der Waals surface area contributed by atoms with Gasteiger partial charge in [0.25, 0.3) is 5.91 Å². The number of piperidine rings is 2. The van der Waals surface area contributed by atoms with E-state index in [1.54, 1.807) is 33.3 Å². The van der Waals surface area contributed by atoms with Crippen molar-refractivity contribution in [1.29, 1.82) is 0 Å².